The first-order chi connectivity index (χ1) is 12.2. The van der Waals surface area contributed by atoms with Crippen molar-refractivity contribution in [3.63, 3.8) is 0 Å². The zero-order valence-electron chi connectivity index (χ0n) is 13.2. The van der Waals surface area contributed by atoms with Crippen LogP contribution in [0.15, 0.2) is 17.1 Å². The van der Waals surface area contributed by atoms with E-state index in [1.807, 2.05) is 0 Å². The Morgan fingerprint density at radius 3 is 2.64 bits per heavy atom. The Kier molecular flexibility index (Phi) is 3.35. The third-order valence-corrected chi connectivity index (χ3v) is 4.93. The summed E-state index contributed by atoms with van der Waals surface area (Å²) in [5, 5.41) is 0. The molecule has 2 fully saturated rings. The van der Waals surface area contributed by atoms with Crippen molar-refractivity contribution in [3.8, 4) is 11.4 Å². The van der Waals surface area contributed by atoms with E-state index in [-0.39, 0.29) is 12.2 Å². The van der Waals surface area contributed by atoms with Gasteiger partial charge in [0.15, 0.2) is 10.4 Å². The summed E-state index contributed by atoms with van der Waals surface area (Å²) in [6.45, 7) is 1.58. The van der Waals surface area contributed by atoms with Crippen LogP contribution in [0.1, 0.15) is 12.8 Å². The topological polar surface area (TPSA) is 119 Å². The van der Waals surface area contributed by atoms with Gasteiger partial charge >= 0.3 is 0 Å². The fraction of sp³-hybridized carbons (Fsp3) is 0.400. The Bertz CT molecular complexity index is 931. The highest BCUT2D eigenvalue weighted by Gasteiger charge is 2.35. The molecule has 2 unspecified atom stereocenters. The molecule has 3 N–H and O–H groups in total. The summed E-state index contributed by atoms with van der Waals surface area (Å²) in [7, 11) is 0. The summed E-state index contributed by atoms with van der Waals surface area (Å²) in [6, 6.07) is 0. The Labute approximate surface area is 151 Å². The van der Waals surface area contributed by atoms with Gasteiger partial charge in [-0.15, -0.1) is 0 Å². The molecule has 0 aliphatic carbocycles. The van der Waals surface area contributed by atoms with Crippen molar-refractivity contribution in [2.75, 3.05) is 23.7 Å². The number of nitrogens with zero attached hydrogens (tertiary/aromatic N) is 6. The summed E-state index contributed by atoms with van der Waals surface area (Å²) >= 11 is 3.37. The molecule has 5 heterocycles. The molecule has 128 valence electrons. The second-order valence-electron chi connectivity index (χ2n) is 6.29. The summed E-state index contributed by atoms with van der Waals surface area (Å²) in [5.41, 5.74) is 8.23. The van der Waals surface area contributed by atoms with E-state index in [9.17, 15) is 0 Å². The van der Waals surface area contributed by atoms with Crippen LogP contribution in [0.3, 0.4) is 0 Å². The minimum atomic E-state index is 0.253. The standard InChI is InChI=1S/C15H15BrN8O/c16-14-20-12-11(9-3-19-10(17)4-18-9)21-15(23-13(12)22-14)24-5-7-1-2-8(6-24)25-7/h3-4,7-8H,1-2,5-6H2,(H2,17,19)(H,20,21,22,23). The molecule has 3 aromatic heterocycles. The lowest BCUT2D eigenvalue weighted by Gasteiger charge is -2.32. The van der Waals surface area contributed by atoms with E-state index in [0.717, 1.165) is 25.9 Å². The molecule has 0 aromatic carbocycles. The Hall–Kier alpha value is -2.33. The number of aromatic nitrogens is 6. The third kappa shape index (κ3) is 2.61. The first-order valence-electron chi connectivity index (χ1n) is 8.07. The van der Waals surface area contributed by atoms with Crippen molar-refractivity contribution in [1.82, 2.24) is 29.9 Å². The number of nitrogens with one attached hydrogen (secondary N) is 1. The lowest BCUT2D eigenvalue weighted by Crippen LogP contribution is -2.43. The number of nitrogens with two attached hydrogens (primary N) is 1. The molecule has 0 spiro atoms. The van der Waals surface area contributed by atoms with Gasteiger partial charge in [0, 0.05) is 13.1 Å². The number of imidazole rings is 1. The summed E-state index contributed by atoms with van der Waals surface area (Å²) in [4.78, 5) is 27.6. The number of rotatable bonds is 2. The van der Waals surface area contributed by atoms with Crippen molar-refractivity contribution in [2.24, 2.45) is 0 Å². The van der Waals surface area contributed by atoms with Crippen LogP contribution in [0.4, 0.5) is 11.8 Å². The Balaban J connectivity index is 1.64. The number of nitrogen functional groups attached to an aromatic ring is 1. The molecular weight excluding hydrogens is 388 g/mol. The van der Waals surface area contributed by atoms with Crippen molar-refractivity contribution in [3.05, 3.63) is 17.1 Å². The molecule has 25 heavy (non-hydrogen) atoms. The highest BCUT2D eigenvalue weighted by atomic mass is 79.9. The van der Waals surface area contributed by atoms with Gasteiger partial charge in [-0.25, -0.2) is 19.9 Å². The molecule has 0 radical (unpaired) electrons. The van der Waals surface area contributed by atoms with Crippen molar-refractivity contribution in [2.45, 2.75) is 25.0 Å². The van der Waals surface area contributed by atoms with Gasteiger partial charge in [-0.2, -0.15) is 4.98 Å². The van der Waals surface area contributed by atoms with Crippen LogP contribution in [-0.4, -0.2) is 55.2 Å². The zero-order chi connectivity index (χ0) is 17.0. The minimum absolute atomic E-state index is 0.253. The number of fused-ring (bicyclic) bond motifs is 3. The largest absolute Gasteiger partial charge is 0.382 e. The molecule has 2 aliphatic heterocycles. The quantitative estimate of drug-likeness (QED) is 0.619. The van der Waals surface area contributed by atoms with Crippen LogP contribution in [0.2, 0.25) is 0 Å². The van der Waals surface area contributed by atoms with Gasteiger partial charge < -0.3 is 20.4 Å². The van der Waals surface area contributed by atoms with Crippen molar-refractivity contribution in [1.29, 1.82) is 0 Å². The smallest absolute Gasteiger partial charge is 0.228 e. The van der Waals surface area contributed by atoms with E-state index in [1.54, 1.807) is 6.20 Å². The van der Waals surface area contributed by atoms with Crippen LogP contribution in [0.5, 0.6) is 0 Å². The molecule has 2 saturated heterocycles. The fourth-order valence-corrected chi connectivity index (χ4v) is 3.79. The number of ether oxygens (including phenoxy) is 1. The van der Waals surface area contributed by atoms with Gasteiger partial charge in [-0.1, -0.05) is 0 Å². The van der Waals surface area contributed by atoms with Crippen molar-refractivity contribution >= 4 is 38.9 Å². The average molecular weight is 403 g/mol. The van der Waals surface area contributed by atoms with Gasteiger partial charge in [0.2, 0.25) is 5.95 Å². The molecule has 5 rings (SSSR count). The third-order valence-electron chi connectivity index (χ3n) is 4.55. The number of H-pyrrole nitrogens is 1. The molecule has 2 atom stereocenters. The maximum atomic E-state index is 5.91. The van der Waals surface area contributed by atoms with Crippen LogP contribution >= 0.6 is 15.9 Å². The molecule has 9 nitrogen and oxygen atoms in total. The fourth-order valence-electron chi connectivity index (χ4n) is 3.42. The molecule has 10 heteroatoms. The lowest BCUT2D eigenvalue weighted by molar-refractivity contribution is 0.0299. The molecule has 2 bridgehead atoms. The maximum absolute atomic E-state index is 5.91. The lowest BCUT2D eigenvalue weighted by atomic mass is 10.2. The molecule has 2 aliphatic rings. The van der Waals surface area contributed by atoms with Crippen LogP contribution in [-0.2, 0) is 4.74 Å². The number of hydrogen-bond donors (Lipinski definition) is 2. The molecule has 0 saturated carbocycles. The van der Waals surface area contributed by atoms with Gasteiger partial charge in [0.05, 0.1) is 24.6 Å². The second-order valence-corrected chi connectivity index (χ2v) is 7.04. The number of aromatic amines is 1. The van der Waals surface area contributed by atoms with E-state index in [4.69, 9.17) is 15.5 Å². The van der Waals surface area contributed by atoms with E-state index < -0.39 is 0 Å². The first kappa shape index (κ1) is 15.0. The van der Waals surface area contributed by atoms with E-state index >= 15 is 0 Å². The summed E-state index contributed by atoms with van der Waals surface area (Å²) < 4.78 is 6.50. The number of morpholine rings is 1. The zero-order valence-corrected chi connectivity index (χ0v) is 14.8. The normalized spacial score (nSPS) is 22.7. The SMILES string of the molecule is Nc1cnc(-c2nc(N3CC4CCC(C3)O4)nc3nc(Br)[nH]c23)cn1. The number of hydrogen-bond acceptors (Lipinski definition) is 8. The highest BCUT2D eigenvalue weighted by Crippen LogP contribution is 2.31. The monoisotopic (exact) mass is 402 g/mol. The average Bonchev–Trinajstić information content (AvgIpc) is 3.15. The predicted octanol–water partition coefficient (Wildman–Crippen LogP) is 1.52. The maximum Gasteiger partial charge on any atom is 0.228 e. The molecular formula is C15H15BrN8O. The first-order valence-corrected chi connectivity index (χ1v) is 8.86. The van der Waals surface area contributed by atoms with E-state index in [1.165, 1.54) is 6.20 Å². The highest BCUT2D eigenvalue weighted by molar-refractivity contribution is 9.10. The van der Waals surface area contributed by atoms with Crippen LogP contribution in [0, 0.1) is 0 Å². The second kappa shape index (κ2) is 5.60. The van der Waals surface area contributed by atoms with E-state index in [2.05, 4.69) is 45.7 Å². The Morgan fingerprint density at radius 2 is 1.92 bits per heavy atom. The number of halogens is 1. The van der Waals surface area contributed by atoms with Gasteiger partial charge in [0.1, 0.15) is 22.7 Å². The predicted molar refractivity (Wildman–Crippen MR) is 94.9 cm³/mol. The van der Waals surface area contributed by atoms with Gasteiger partial charge in [-0.05, 0) is 28.8 Å². The molecule has 0 amide bonds. The summed E-state index contributed by atoms with van der Waals surface area (Å²) in [5.74, 6) is 1.00. The Morgan fingerprint density at radius 1 is 1.12 bits per heavy atom. The van der Waals surface area contributed by atoms with Gasteiger partial charge in [0.25, 0.3) is 0 Å². The minimum Gasteiger partial charge on any atom is -0.382 e. The van der Waals surface area contributed by atoms with Crippen LogP contribution < -0.4 is 10.6 Å². The number of anilines is 2. The molecule has 3 aromatic rings. The van der Waals surface area contributed by atoms with Crippen molar-refractivity contribution < 1.29 is 4.74 Å². The van der Waals surface area contributed by atoms with Crippen LogP contribution in [0.25, 0.3) is 22.6 Å². The van der Waals surface area contributed by atoms with Gasteiger partial charge in [-0.3, -0.25) is 0 Å². The summed E-state index contributed by atoms with van der Waals surface area (Å²) in [6.07, 6.45) is 5.82. The van der Waals surface area contributed by atoms with E-state index in [0.29, 0.717) is 39.1 Å².